The zero-order valence-corrected chi connectivity index (χ0v) is 5.88. The van der Waals surface area contributed by atoms with Crippen LogP contribution in [0.5, 0.6) is 0 Å². The van der Waals surface area contributed by atoms with Crippen molar-refractivity contribution in [2.75, 3.05) is 19.7 Å². The summed E-state index contributed by atoms with van der Waals surface area (Å²) in [4.78, 5) is 0. The summed E-state index contributed by atoms with van der Waals surface area (Å²) in [6.07, 6.45) is 0. The summed E-state index contributed by atoms with van der Waals surface area (Å²) in [7, 11) is 0. The predicted molar refractivity (Wildman–Crippen MR) is 37.8 cm³/mol. The first-order valence-corrected chi connectivity index (χ1v) is 3.27. The van der Waals surface area contributed by atoms with Crippen LogP contribution >= 0.6 is 0 Å². The van der Waals surface area contributed by atoms with Gasteiger partial charge in [0.25, 0.3) is 0 Å². The maximum Gasteiger partial charge on any atom is 0.0474 e. The van der Waals surface area contributed by atoms with Crippen LogP contribution in [0.2, 0.25) is 0 Å². The summed E-state index contributed by atoms with van der Waals surface area (Å²) in [5, 5.41) is 8.69. The molecule has 56 valence electrons. The molecule has 2 atom stereocenters. The Balaban J connectivity index is 3.50. The van der Waals surface area contributed by atoms with Crippen molar-refractivity contribution in [3.63, 3.8) is 0 Å². The highest BCUT2D eigenvalue weighted by Gasteiger charge is 2.11. The number of aliphatic hydroxyl groups excluding tert-OH is 1. The maximum absolute atomic E-state index is 8.69. The van der Waals surface area contributed by atoms with Gasteiger partial charge in [-0.25, -0.2) is 0 Å². The number of hydrogen-bond donors (Lipinski definition) is 3. The van der Waals surface area contributed by atoms with Crippen molar-refractivity contribution in [2.45, 2.75) is 6.92 Å². The molecule has 0 aromatic heterocycles. The Morgan fingerprint density at radius 3 is 2.00 bits per heavy atom. The molecule has 0 spiro atoms. The number of aliphatic hydroxyl groups is 1. The van der Waals surface area contributed by atoms with Gasteiger partial charge in [0.2, 0.25) is 0 Å². The van der Waals surface area contributed by atoms with Gasteiger partial charge >= 0.3 is 0 Å². The van der Waals surface area contributed by atoms with E-state index in [1.54, 1.807) is 0 Å². The molecule has 0 aromatic carbocycles. The largest absolute Gasteiger partial charge is 0.396 e. The maximum atomic E-state index is 8.69. The van der Waals surface area contributed by atoms with E-state index in [2.05, 4.69) is 0 Å². The molecule has 0 saturated carbocycles. The minimum Gasteiger partial charge on any atom is -0.396 e. The number of nitrogens with two attached hydrogens (primary N) is 2. The summed E-state index contributed by atoms with van der Waals surface area (Å²) in [5.41, 5.74) is 10.7. The summed E-state index contributed by atoms with van der Waals surface area (Å²) in [5.74, 6) is 0.509. The van der Waals surface area contributed by atoms with Crippen LogP contribution in [0.3, 0.4) is 0 Å². The molecule has 0 bridgehead atoms. The zero-order chi connectivity index (χ0) is 7.28. The van der Waals surface area contributed by atoms with E-state index in [4.69, 9.17) is 16.6 Å². The van der Waals surface area contributed by atoms with Crippen LogP contribution < -0.4 is 11.5 Å². The van der Waals surface area contributed by atoms with Crippen LogP contribution in [0, 0.1) is 11.8 Å². The van der Waals surface area contributed by atoms with Crippen LogP contribution in [-0.4, -0.2) is 24.8 Å². The van der Waals surface area contributed by atoms with E-state index in [9.17, 15) is 0 Å². The minimum atomic E-state index is 0.148. The van der Waals surface area contributed by atoms with Crippen molar-refractivity contribution < 1.29 is 5.11 Å². The molecular formula is C6H16N2O. The average molecular weight is 132 g/mol. The molecule has 0 amide bonds. The highest BCUT2D eigenvalue weighted by Crippen LogP contribution is 2.06. The first-order valence-electron chi connectivity index (χ1n) is 3.27. The minimum absolute atomic E-state index is 0.148. The molecule has 0 fully saturated rings. The molecule has 0 heterocycles. The van der Waals surface area contributed by atoms with Gasteiger partial charge in [0.1, 0.15) is 0 Å². The SMILES string of the molecule is CC(CN)C(CN)CO. The molecule has 2 unspecified atom stereocenters. The summed E-state index contributed by atoms with van der Waals surface area (Å²) in [6.45, 7) is 3.26. The molecule has 3 heteroatoms. The van der Waals surface area contributed by atoms with Crippen LogP contribution in [0.1, 0.15) is 6.92 Å². The fourth-order valence-electron chi connectivity index (χ4n) is 0.679. The Bertz CT molecular complexity index is 64.1. The standard InChI is InChI=1S/C6H16N2O/c1-5(2-7)6(3-8)4-9/h5-6,9H,2-4,7-8H2,1H3. The molecular weight excluding hydrogens is 116 g/mol. The molecule has 0 aliphatic heterocycles. The second-order valence-corrected chi connectivity index (χ2v) is 2.39. The average Bonchev–Trinajstić information content (AvgIpc) is 1.90. The highest BCUT2D eigenvalue weighted by atomic mass is 16.3. The lowest BCUT2D eigenvalue weighted by atomic mass is 9.95. The molecule has 3 nitrogen and oxygen atoms in total. The van der Waals surface area contributed by atoms with E-state index in [0.717, 1.165) is 0 Å². The van der Waals surface area contributed by atoms with Crippen molar-refractivity contribution in [3.8, 4) is 0 Å². The van der Waals surface area contributed by atoms with E-state index in [1.165, 1.54) is 0 Å². The molecule has 5 N–H and O–H groups in total. The molecule has 0 aromatic rings. The van der Waals surface area contributed by atoms with Gasteiger partial charge in [-0.15, -0.1) is 0 Å². The van der Waals surface area contributed by atoms with Gasteiger partial charge < -0.3 is 16.6 Å². The van der Waals surface area contributed by atoms with Gasteiger partial charge in [0.05, 0.1) is 0 Å². The first-order chi connectivity index (χ1) is 4.26. The van der Waals surface area contributed by atoms with Gasteiger partial charge in [0, 0.05) is 6.61 Å². The summed E-state index contributed by atoms with van der Waals surface area (Å²) < 4.78 is 0. The van der Waals surface area contributed by atoms with E-state index in [0.29, 0.717) is 19.0 Å². The van der Waals surface area contributed by atoms with E-state index < -0.39 is 0 Å². The second-order valence-electron chi connectivity index (χ2n) is 2.39. The lowest BCUT2D eigenvalue weighted by Gasteiger charge is -2.17. The monoisotopic (exact) mass is 132 g/mol. The van der Waals surface area contributed by atoms with Crippen molar-refractivity contribution in [3.05, 3.63) is 0 Å². The van der Waals surface area contributed by atoms with Gasteiger partial charge in [-0.05, 0) is 24.9 Å². The number of hydrogen-bond acceptors (Lipinski definition) is 3. The van der Waals surface area contributed by atoms with Gasteiger partial charge in [-0.1, -0.05) is 6.92 Å². The second kappa shape index (κ2) is 4.73. The van der Waals surface area contributed by atoms with Gasteiger partial charge in [-0.2, -0.15) is 0 Å². The Labute approximate surface area is 56.0 Å². The quantitative estimate of drug-likeness (QED) is 0.466. The van der Waals surface area contributed by atoms with Gasteiger partial charge in [0.15, 0.2) is 0 Å². The molecule has 0 radical (unpaired) electrons. The smallest absolute Gasteiger partial charge is 0.0474 e. The van der Waals surface area contributed by atoms with Crippen molar-refractivity contribution in [1.82, 2.24) is 0 Å². The fourth-order valence-corrected chi connectivity index (χ4v) is 0.679. The highest BCUT2D eigenvalue weighted by molar-refractivity contribution is 4.65. The third-order valence-electron chi connectivity index (χ3n) is 1.71. The lowest BCUT2D eigenvalue weighted by molar-refractivity contribution is 0.190. The first kappa shape index (κ1) is 8.88. The molecule has 0 saturated heterocycles. The molecule has 0 aliphatic carbocycles. The molecule has 9 heavy (non-hydrogen) atoms. The van der Waals surface area contributed by atoms with Crippen LogP contribution in [0.25, 0.3) is 0 Å². The lowest BCUT2D eigenvalue weighted by Crippen LogP contribution is -2.29. The zero-order valence-electron chi connectivity index (χ0n) is 5.88. The van der Waals surface area contributed by atoms with E-state index >= 15 is 0 Å². The normalized spacial score (nSPS) is 17.3. The van der Waals surface area contributed by atoms with Crippen LogP contribution in [0.15, 0.2) is 0 Å². The Morgan fingerprint density at radius 1 is 1.33 bits per heavy atom. The van der Waals surface area contributed by atoms with E-state index in [-0.39, 0.29) is 12.5 Å². The Kier molecular flexibility index (Phi) is 4.67. The summed E-state index contributed by atoms with van der Waals surface area (Å²) in [6, 6.07) is 0. The van der Waals surface area contributed by atoms with Crippen molar-refractivity contribution >= 4 is 0 Å². The summed E-state index contributed by atoms with van der Waals surface area (Å²) >= 11 is 0. The van der Waals surface area contributed by atoms with Gasteiger partial charge in [-0.3, -0.25) is 0 Å². The Hall–Kier alpha value is -0.120. The van der Waals surface area contributed by atoms with Crippen LogP contribution in [-0.2, 0) is 0 Å². The topological polar surface area (TPSA) is 72.3 Å². The molecule has 0 aliphatic rings. The van der Waals surface area contributed by atoms with Crippen LogP contribution in [0.4, 0.5) is 0 Å². The third-order valence-corrected chi connectivity index (χ3v) is 1.71. The predicted octanol–water partition coefficient (Wildman–Crippen LogP) is -0.852. The molecule has 0 rings (SSSR count). The Morgan fingerprint density at radius 2 is 1.89 bits per heavy atom. The van der Waals surface area contributed by atoms with Crippen molar-refractivity contribution in [2.24, 2.45) is 23.3 Å². The van der Waals surface area contributed by atoms with E-state index in [1.807, 2.05) is 6.92 Å². The number of rotatable bonds is 4. The fraction of sp³-hybridized carbons (Fsp3) is 1.00. The van der Waals surface area contributed by atoms with Crippen molar-refractivity contribution in [1.29, 1.82) is 0 Å². The third kappa shape index (κ3) is 2.79.